The van der Waals surface area contributed by atoms with Crippen LogP contribution in [0.4, 0.5) is 5.82 Å². The Labute approximate surface area is 156 Å². The zero-order valence-electron chi connectivity index (χ0n) is 16.3. The van der Waals surface area contributed by atoms with Gasteiger partial charge in [0.2, 0.25) is 0 Å². The standard InChI is InChI=1S/C22H28N4/c1-16-5-7-20-18(13-16)19-15-25(4)11-10-21(19)26(20)12-9-17-6-8-22(23-14-17)24(2)3/h5-8,13-14H,9-12,15H2,1-4H3. The van der Waals surface area contributed by atoms with Gasteiger partial charge >= 0.3 is 0 Å². The van der Waals surface area contributed by atoms with Crippen LogP contribution in [0.3, 0.4) is 0 Å². The van der Waals surface area contributed by atoms with Crippen LogP contribution in [0.2, 0.25) is 0 Å². The van der Waals surface area contributed by atoms with Crippen molar-refractivity contribution in [3.8, 4) is 0 Å². The Bertz CT molecular complexity index is 921. The highest BCUT2D eigenvalue weighted by molar-refractivity contribution is 5.86. The molecule has 4 nitrogen and oxygen atoms in total. The summed E-state index contributed by atoms with van der Waals surface area (Å²) < 4.78 is 2.55. The van der Waals surface area contributed by atoms with Crippen LogP contribution >= 0.6 is 0 Å². The molecule has 0 bridgehead atoms. The maximum atomic E-state index is 4.56. The number of fused-ring (bicyclic) bond motifs is 3. The SMILES string of the molecule is Cc1ccc2c(c1)c1c(n2CCc2ccc(N(C)C)nc2)CCN(C)C1. The van der Waals surface area contributed by atoms with Crippen molar-refractivity contribution in [2.45, 2.75) is 32.9 Å². The highest BCUT2D eigenvalue weighted by atomic mass is 15.1. The van der Waals surface area contributed by atoms with Crippen molar-refractivity contribution in [3.63, 3.8) is 0 Å². The van der Waals surface area contributed by atoms with Gasteiger partial charge in [0.15, 0.2) is 0 Å². The zero-order valence-corrected chi connectivity index (χ0v) is 16.3. The molecule has 0 amide bonds. The van der Waals surface area contributed by atoms with Crippen molar-refractivity contribution in [1.82, 2.24) is 14.5 Å². The summed E-state index contributed by atoms with van der Waals surface area (Å²) in [5, 5.41) is 1.44. The topological polar surface area (TPSA) is 24.3 Å². The Kier molecular flexibility index (Phi) is 4.45. The van der Waals surface area contributed by atoms with Gasteiger partial charge in [-0.2, -0.15) is 0 Å². The molecule has 1 aliphatic heterocycles. The molecule has 3 aromatic rings. The summed E-state index contributed by atoms with van der Waals surface area (Å²) in [5.41, 5.74) is 7.08. The Morgan fingerprint density at radius 3 is 2.73 bits per heavy atom. The highest BCUT2D eigenvalue weighted by Crippen LogP contribution is 2.31. The maximum absolute atomic E-state index is 4.56. The van der Waals surface area contributed by atoms with E-state index in [1.165, 1.54) is 33.3 Å². The van der Waals surface area contributed by atoms with Crippen LogP contribution < -0.4 is 4.90 Å². The van der Waals surface area contributed by atoms with Gasteiger partial charge < -0.3 is 14.4 Å². The summed E-state index contributed by atoms with van der Waals surface area (Å²) in [6.45, 7) is 5.40. The van der Waals surface area contributed by atoms with Crippen LogP contribution in [0.1, 0.15) is 22.4 Å². The molecule has 136 valence electrons. The minimum atomic E-state index is 1.01. The zero-order chi connectivity index (χ0) is 18.3. The number of rotatable bonds is 4. The average Bonchev–Trinajstić information content (AvgIpc) is 2.92. The molecule has 0 fully saturated rings. The fourth-order valence-electron chi connectivity index (χ4n) is 4.02. The van der Waals surface area contributed by atoms with Gasteiger partial charge in [0.05, 0.1) is 0 Å². The number of pyridine rings is 1. The lowest BCUT2D eigenvalue weighted by Gasteiger charge is -2.24. The first-order valence-electron chi connectivity index (χ1n) is 9.44. The Morgan fingerprint density at radius 1 is 1.15 bits per heavy atom. The molecule has 0 spiro atoms. The predicted molar refractivity (Wildman–Crippen MR) is 109 cm³/mol. The Balaban J connectivity index is 1.66. The molecule has 0 unspecified atom stereocenters. The molecule has 0 radical (unpaired) electrons. The first-order chi connectivity index (χ1) is 12.5. The van der Waals surface area contributed by atoms with Gasteiger partial charge in [-0.3, -0.25) is 0 Å². The van der Waals surface area contributed by atoms with E-state index < -0.39 is 0 Å². The van der Waals surface area contributed by atoms with Crippen LogP contribution in [0.15, 0.2) is 36.5 Å². The van der Waals surface area contributed by atoms with E-state index in [1.807, 2.05) is 25.2 Å². The van der Waals surface area contributed by atoms with E-state index >= 15 is 0 Å². The van der Waals surface area contributed by atoms with Crippen molar-refractivity contribution in [1.29, 1.82) is 0 Å². The molecule has 3 heterocycles. The number of aromatic nitrogens is 2. The van der Waals surface area contributed by atoms with Gasteiger partial charge in [-0.05, 0) is 49.7 Å². The van der Waals surface area contributed by atoms with Gasteiger partial charge in [-0.25, -0.2) is 4.98 Å². The number of hydrogen-bond donors (Lipinski definition) is 0. The van der Waals surface area contributed by atoms with Crippen molar-refractivity contribution >= 4 is 16.7 Å². The van der Waals surface area contributed by atoms with E-state index in [4.69, 9.17) is 0 Å². The first kappa shape index (κ1) is 17.1. The van der Waals surface area contributed by atoms with Crippen LogP contribution in [-0.4, -0.2) is 42.1 Å². The van der Waals surface area contributed by atoms with Crippen molar-refractivity contribution in [2.75, 3.05) is 32.6 Å². The summed E-state index contributed by atoms with van der Waals surface area (Å²) in [4.78, 5) is 9.03. The highest BCUT2D eigenvalue weighted by Gasteiger charge is 2.22. The number of aryl methyl sites for hydroxylation is 3. The normalized spacial score (nSPS) is 14.6. The third-order valence-corrected chi connectivity index (χ3v) is 5.49. The molecule has 4 rings (SSSR count). The number of nitrogens with zero attached hydrogens (tertiary/aromatic N) is 4. The van der Waals surface area contributed by atoms with Crippen molar-refractivity contribution in [3.05, 3.63) is 58.9 Å². The first-order valence-corrected chi connectivity index (χ1v) is 9.44. The lowest BCUT2D eigenvalue weighted by atomic mass is 10.0. The second kappa shape index (κ2) is 6.76. The third-order valence-electron chi connectivity index (χ3n) is 5.49. The van der Waals surface area contributed by atoms with Gasteiger partial charge in [-0.15, -0.1) is 0 Å². The largest absolute Gasteiger partial charge is 0.363 e. The summed E-state index contributed by atoms with van der Waals surface area (Å²) in [7, 11) is 6.28. The average molecular weight is 348 g/mol. The van der Waals surface area contributed by atoms with Gasteiger partial charge in [0, 0.05) is 62.9 Å². The molecule has 0 aliphatic carbocycles. The lowest BCUT2D eigenvalue weighted by molar-refractivity contribution is 0.309. The minimum Gasteiger partial charge on any atom is -0.363 e. The molecule has 2 aromatic heterocycles. The van der Waals surface area contributed by atoms with E-state index in [1.54, 1.807) is 0 Å². The Morgan fingerprint density at radius 2 is 2.00 bits per heavy atom. The van der Waals surface area contributed by atoms with Crippen molar-refractivity contribution in [2.24, 2.45) is 0 Å². The van der Waals surface area contributed by atoms with E-state index in [2.05, 4.69) is 58.8 Å². The lowest BCUT2D eigenvalue weighted by Crippen LogP contribution is -2.27. The molecule has 0 N–H and O–H groups in total. The van der Waals surface area contributed by atoms with Gasteiger partial charge in [0.1, 0.15) is 5.82 Å². The molecule has 0 atom stereocenters. The third kappa shape index (κ3) is 3.10. The number of benzene rings is 1. The van der Waals surface area contributed by atoms with Gasteiger partial charge in [-0.1, -0.05) is 17.7 Å². The van der Waals surface area contributed by atoms with E-state index in [0.29, 0.717) is 0 Å². The monoisotopic (exact) mass is 348 g/mol. The molecule has 1 aromatic carbocycles. The minimum absolute atomic E-state index is 1.01. The van der Waals surface area contributed by atoms with E-state index in [0.717, 1.165) is 38.3 Å². The summed E-state index contributed by atoms with van der Waals surface area (Å²) in [5.74, 6) is 1.01. The second-order valence-corrected chi connectivity index (χ2v) is 7.75. The molecular weight excluding hydrogens is 320 g/mol. The van der Waals surface area contributed by atoms with Crippen molar-refractivity contribution < 1.29 is 0 Å². The number of likely N-dealkylation sites (N-methyl/N-ethyl adjacent to an activating group) is 1. The smallest absolute Gasteiger partial charge is 0.127 e. The van der Waals surface area contributed by atoms with E-state index in [-0.39, 0.29) is 0 Å². The fraction of sp³-hybridized carbons (Fsp3) is 0.409. The fourth-order valence-corrected chi connectivity index (χ4v) is 4.02. The summed E-state index contributed by atoms with van der Waals surface area (Å²) >= 11 is 0. The van der Waals surface area contributed by atoms with Gasteiger partial charge in [0.25, 0.3) is 0 Å². The molecule has 26 heavy (non-hydrogen) atoms. The van der Waals surface area contributed by atoms with Crippen LogP contribution in [0.5, 0.6) is 0 Å². The van der Waals surface area contributed by atoms with Crippen LogP contribution in [-0.2, 0) is 25.9 Å². The summed E-state index contributed by atoms with van der Waals surface area (Å²) in [6, 6.07) is 11.2. The molecule has 4 heteroatoms. The quantitative estimate of drug-likeness (QED) is 0.719. The molecule has 1 aliphatic rings. The van der Waals surface area contributed by atoms with E-state index in [9.17, 15) is 0 Å². The van der Waals surface area contributed by atoms with Crippen LogP contribution in [0, 0.1) is 6.92 Å². The molecular formula is C22H28N4. The summed E-state index contributed by atoms with van der Waals surface area (Å²) in [6.07, 6.45) is 4.17. The predicted octanol–water partition coefficient (Wildman–Crippen LogP) is 3.64. The molecule has 0 saturated heterocycles. The number of hydrogen-bond acceptors (Lipinski definition) is 3. The van der Waals surface area contributed by atoms with Crippen LogP contribution in [0.25, 0.3) is 10.9 Å². The number of anilines is 1. The second-order valence-electron chi connectivity index (χ2n) is 7.75. The molecule has 0 saturated carbocycles. The maximum Gasteiger partial charge on any atom is 0.127 e. The Hall–Kier alpha value is -2.33.